The first-order valence-corrected chi connectivity index (χ1v) is 12.9. The zero-order chi connectivity index (χ0) is 24.9. The third-order valence-corrected chi connectivity index (χ3v) is 7.10. The van der Waals surface area contributed by atoms with Crippen LogP contribution >= 0.6 is 0 Å². The number of carbonyl (C=O) groups excluding carboxylic acids is 1. The van der Waals surface area contributed by atoms with E-state index in [0.717, 1.165) is 79.4 Å². The van der Waals surface area contributed by atoms with Crippen LogP contribution in [-0.2, 0) is 24.3 Å². The SMILES string of the molecule is COc1cc2cc(c1)CN1CCC[C@@H]1C(=O)NCCCN(C)Cc1ccc(cc1)-c1ccnc(n1)C2. The van der Waals surface area contributed by atoms with E-state index in [0.29, 0.717) is 13.0 Å². The van der Waals surface area contributed by atoms with Crippen LogP contribution in [0.1, 0.15) is 41.8 Å². The van der Waals surface area contributed by atoms with Crippen LogP contribution in [0.2, 0.25) is 0 Å². The Hall–Kier alpha value is -3.29. The summed E-state index contributed by atoms with van der Waals surface area (Å²) < 4.78 is 5.61. The van der Waals surface area contributed by atoms with Crippen molar-refractivity contribution in [1.29, 1.82) is 0 Å². The molecular weight excluding hydrogens is 450 g/mol. The molecule has 2 aromatic carbocycles. The number of ether oxygens (including phenoxy) is 1. The second kappa shape index (κ2) is 11.2. The van der Waals surface area contributed by atoms with Gasteiger partial charge in [0, 0.05) is 37.8 Å². The van der Waals surface area contributed by atoms with Crippen LogP contribution in [0, 0.1) is 0 Å². The Balaban J connectivity index is 1.46. The third kappa shape index (κ3) is 5.91. The second-order valence-electron chi connectivity index (χ2n) is 9.93. The fraction of sp³-hybridized carbons (Fsp3) is 0.414. The van der Waals surface area contributed by atoms with Crippen molar-refractivity contribution in [2.24, 2.45) is 0 Å². The van der Waals surface area contributed by atoms with Crippen LogP contribution in [-0.4, -0.2) is 65.5 Å². The zero-order valence-electron chi connectivity index (χ0n) is 21.2. The number of hydrogen-bond acceptors (Lipinski definition) is 6. The smallest absolute Gasteiger partial charge is 0.237 e. The molecule has 1 fully saturated rings. The molecule has 3 aliphatic heterocycles. The minimum absolute atomic E-state index is 0.0789. The van der Waals surface area contributed by atoms with Crippen molar-refractivity contribution < 1.29 is 9.53 Å². The lowest BCUT2D eigenvalue weighted by atomic mass is 10.1. The Morgan fingerprint density at radius 3 is 2.64 bits per heavy atom. The highest BCUT2D eigenvalue weighted by Gasteiger charge is 2.30. The van der Waals surface area contributed by atoms with Crippen molar-refractivity contribution in [2.75, 3.05) is 33.8 Å². The molecule has 0 aliphatic carbocycles. The maximum absolute atomic E-state index is 13.0. The Bertz CT molecular complexity index is 1200. The van der Waals surface area contributed by atoms with Crippen molar-refractivity contribution >= 4 is 5.91 Å². The molecule has 3 aliphatic rings. The van der Waals surface area contributed by atoms with E-state index in [9.17, 15) is 4.79 Å². The molecule has 7 heteroatoms. The number of rotatable bonds is 1. The molecule has 0 spiro atoms. The number of hydrogen-bond donors (Lipinski definition) is 1. The van der Waals surface area contributed by atoms with E-state index in [1.54, 1.807) is 7.11 Å². The molecular formula is C29H35N5O2. The van der Waals surface area contributed by atoms with Crippen molar-refractivity contribution in [2.45, 2.75) is 44.8 Å². The number of nitrogens with one attached hydrogen (secondary N) is 1. The second-order valence-corrected chi connectivity index (χ2v) is 9.93. The van der Waals surface area contributed by atoms with Gasteiger partial charge in [0.05, 0.1) is 18.8 Å². The molecule has 188 valence electrons. The summed E-state index contributed by atoms with van der Waals surface area (Å²) in [5.41, 5.74) is 5.52. The van der Waals surface area contributed by atoms with E-state index in [1.165, 1.54) is 5.56 Å². The molecule has 1 amide bonds. The van der Waals surface area contributed by atoms with E-state index in [-0.39, 0.29) is 11.9 Å². The van der Waals surface area contributed by atoms with Gasteiger partial charge >= 0.3 is 0 Å². The van der Waals surface area contributed by atoms with Gasteiger partial charge in [-0.05, 0) is 74.3 Å². The monoisotopic (exact) mass is 485 g/mol. The molecule has 0 radical (unpaired) electrons. The summed E-state index contributed by atoms with van der Waals surface area (Å²) in [6, 6.07) is 16.8. The highest BCUT2D eigenvalue weighted by molar-refractivity contribution is 5.82. The molecule has 0 unspecified atom stereocenters. The summed E-state index contributed by atoms with van der Waals surface area (Å²) in [4.78, 5) is 27.0. The van der Waals surface area contributed by atoms with Gasteiger partial charge in [-0.15, -0.1) is 0 Å². The quantitative estimate of drug-likeness (QED) is 0.567. The molecule has 1 saturated heterocycles. The lowest BCUT2D eigenvalue weighted by Crippen LogP contribution is -2.43. The van der Waals surface area contributed by atoms with Crippen molar-refractivity contribution in [3.05, 3.63) is 77.2 Å². The van der Waals surface area contributed by atoms with E-state index in [1.807, 2.05) is 12.3 Å². The Labute approximate surface area is 213 Å². The first-order valence-electron chi connectivity index (χ1n) is 12.9. The number of methoxy groups -OCH3 is 1. The summed E-state index contributed by atoms with van der Waals surface area (Å²) in [5, 5.41) is 3.18. The summed E-state index contributed by atoms with van der Waals surface area (Å²) in [5.74, 6) is 1.74. The van der Waals surface area contributed by atoms with Gasteiger partial charge in [0.25, 0.3) is 0 Å². The topological polar surface area (TPSA) is 70.6 Å². The summed E-state index contributed by atoms with van der Waals surface area (Å²) in [6.07, 6.45) is 5.32. The molecule has 1 atom stereocenters. The Morgan fingerprint density at radius 1 is 0.972 bits per heavy atom. The summed E-state index contributed by atoms with van der Waals surface area (Å²) in [6.45, 7) is 4.15. The van der Waals surface area contributed by atoms with Crippen LogP contribution in [0.4, 0.5) is 0 Å². The van der Waals surface area contributed by atoms with Crippen molar-refractivity contribution in [3.63, 3.8) is 0 Å². The number of amides is 1. The number of fused-ring (bicyclic) bond motifs is 8. The highest BCUT2D eigenvalue weighted by atomic mass is 16.5. The molecule has 0 saturated carbocycles. The number of aromatic nitrogens is 2. The van der Waals surface area contributed by atoms with Crippen LogP contribution < -0.4 is 10.1 Å². The fourth-order valence-electron chi connectivity index (χ4n) is 5.26. The lowest BCUT2D eigenvalue weighted by molar-refractivity contribution is -0.125. The maximum atomic E-state index is 13.0. The summed E-state index contributed by atoms with van der Waals surface area (Å²) in [7, 11) is 3.82. The van der Waals surface area contributed by atoms with E-state index in [2.05, 4.69) is 69.6 Å². The maximum Gasteiger partial charge on any atom is 0.237 e. The van der Waals surface area contributed by atoms with Gasteiger partial charge in [0.2, 0.25) is 5.91 Å². The predicted molar refractivity (Wildman–Crippen MR) is 141 cm³/mol. The van der Waals surface area contributed by atoms with Gasteiger partial charge in [-0.3, -0.25) is 9.69 Å². The molecule has 6 rings (SSSR count). The van der Waals surface area contributed by atoms with Gasteiger partial charge in [0.15, 0.2) is 0 Å². The standard InChI is InChI=1S/C29H35N5O2/c1-33-13-4-11-31-29(35)27-5-3-14-34(27)20-23-15-22(16-25(17-23)36-2)18-28-30-12-10-26(32-28)24-8-6-21(19-33)7-9-24/h6-10,12,15-17,27H,3-5,11,13-14,18-20H2,1-2H3,(H,31,35)/t27-/m1/s1. The first kappa shape index (κ1) is 24.4. The van der Waals surface area contributed by atoms with Crippen molar-refractivity contribution in [1.82, 2.24) is 25.1 Å². The van der Waals surface area contributed by atoms with Gasteiger partial charge < -0.3 is 15.0 Å². The molecule has 7 nitrogen and oxygen atoms in total. The molecule has 3 aromatic rings. The zero-order valence-corrected chi connectivity index (χ0v) is 21.2. The van der Waals surface area contributed by atoms with Crippen LogP contribution in [0.25, 0.3) is 11.3 Å². The van der Waals surface area contributed by atoms with Gasteiger partial charge in [0.1, 0.15) is 11.6 Å². The highest BCUT2D eigenvalue weighted by Crippen LogP contribution is 2.25. The van der Waals surface area contributed by atoms with Crippen LogP contribution in [0.15, 0.2) is 54.7 Å². The normalized spacial score (nSPS) is 19.8. The Morgan fingerprint density at radius 2 is 1.81 bits per heavy atom. The molecule has 36 heavy (non-hydrogen) atoms. The van der Waals surface area contributed by atoms with E-state index >= 15 is 0 Å². The lowest BCUT2D eigenvalue weighted by Gasteiger charge is -2.24. The minimum Gasteiger partial charge on any atom is -0.497 e. The fourth-order valence-corrected chi connectivity index (χ4v) is 5.26. The van der Waals surface area contributed by atoms with Gasteiger partial charge in [-0.1, -0.05) is 30.3 Å². The summed E-state index contributed by atoms with van der Waals surface area (Å²) >= 11 is 0. The molecule has 4 heterocycles. The average Bonchev–Trinajstić information content (AvgIpc) is 3.34. The molecule has 6 bridgehead atoms. The van der Waals surface area contributed by atoms with Gasteiger partial charge in [-0.2, -0.15) is 0 Å². The third-order valence-electron chi connectivity index (χ3n) is 7.10. The molecule has 1 aromatic heterocycles. The van der Waals surface area contributed by atoms with Gasteiger partial charge in [-0.25, -0.2) is 9.97 Å². The number of benzene rings is 2. The predicted octanol–water partition coefficient (Wildman–Crippen LogP) is 3.66. The van der Waals surface area contributed by atoms with Crippen molar-refractivity contribution in [3.8, 4) is 17.0 Å². The number of nitrogens with zero attached hydrogens (tertiary/aromatic N) is 4. The van der Waals surface area contributed by atoms with Crippen LogP contribution in [0.5, 0.6) is 5.75 Å². The molecule has 1 N–H and O–H groups in total. The largest absolute Gasteiger partial charge is 0.497 e. The van der Waals surface area contributed by atoms with E-state index < -0.39 is 0 Å². The van der Waals surface area contributed by atoms with E-state index in [4.69, 9.17) is 9.72 Å². The van der Waals surface area contributed by atoms with Crippen LogP contribution in [0.3, 0.4) is 0 Å². The number of carbonyl (C=O) groups is 1. The first-order chi connectivity index (χ1) is 17.6. The Kier molecular flexibility index (Phi) is 7.58. The minimum atomic E-state index is -0.0789. The average molecular weight is 486 g/mol.